The third kappa shape index (κ3) is 6.23. The number of piperazine rings is 1. The zero-order chi connectivity index (χ0) is 24.5. The number of amides is 1. The maximum Gasteiger partial charge on any atom is 0.243 e. The predicted molar refractivity (Wildman–Crippen MR) is 140 cm³/mol. The highest BCUT2D eigenvalue weighted by molar-refractivity contribution is 5.88. The monoisotopic (exact) mass is 468 g/mol. The molecule has 0 saturated carbocycles. The highest BCUT2D eigenvalue weighted by Gasteiger charge is 2.29. The van der Waals surface area contributed by atoms with Gasteiger partial charge in [-0.1, -0.05) is 68.0 Å². The average Bonchev–Trinajstić information content (AvgIpc) is 2.90. The van der Waals surface area contributed by atoms with Crippen molar-refractivity contribution in [2.45, 2.75) is 25.7 Å². The van der Waals surface area contributed by atoms with Crippen molar-refractivity contribution >= 4 is 28.8 Å². The molecule has 2 aromatic carbocycles. The largest absolute Gasteiger partial charge is 0.355 e. The lowest BCUT2D eigenvalue weighted by Crippen LogP contribution is -2.47. The lowest BCUT2D eigenvalue weighted by Gasteiger charge is -2.35. The molecule has 1 aromatic heterocycles. The van der Waals surface area contributed by atoms with Gasteiger partial charge in [0.15, 0.2) is 11.7 Å². The number of hydrogen-bond donors (Lipinski definition) is 1. The quantitative estimate of drug-likeness (QED) is 0.478. The Bertz CT molecular complexity index is 1200. The lowest BCUT2D eigenvalue weighted by molar-refractivity contribution is -0.121. The Labute approximate surface area is 207 Å². The van der Waals surface area contributed by atoms with Crippen LogP contribution in [-0.2, 0) is 4.79 Å². The van der Waals surface area contributed by atoms with Crippen molar-refractivity contribution in [1.29, 1.82) is 5.26 Å². The molecule has 1 aliphatic rings. The summed E-state index contributed by atoms with van der Waals surface area (Å²) in [6.07, 6.45) is 6.19. The molecule has 1 fully saturated rings. The second-order valence-corrected chi connectivity index (χ2v) is 8.73. The number of nitriles is 1. The number of anilines is 1. The molecule has 2 heterocycles. The van der Waals surface area contributed by atoms with Crippen LogP contribution in [0, 0.1) is 11.3 Å². The molecule has 35 heavy (non-hydrogen) atoms. The van der Waals surface area contributed by atoms with Crippen LogP contribution in [-0.4, -0.2) is 60.0 Å². The van der Waals surface area contributed by atoms with Crippen LogP contribution in [0.3, 0.4) is 0 Å². The van der Waals surface area contributed by atoms with E-state index >= 15 is 0 Å². The summed E-state index contributed by atoms with van der Waals surface area (Å²) < 4.78 is 0. The number of carbonyl (C=O) groups is 1. The highest BCUT2D eigenvalue weighted by Crippen LogP contribution is 2.28. The van der Waals surface area contributed by atoms with E-state index in [0.29, 0.717) is 23.6 Å². The van der Waals surface area contributed by atoms with E-state index in [1.807, 2.05) is 42.5 Å². The topological polar surface area (TPSA) is 85.1 Å². The molecule has 1 atom stereocenters. The maximum atomic E-state index is 12.9. The van der Waals surface area contributed by atoms with Gasteiger partial charge in [0.05, 0.1) is 17.1 Å². The Hall–Kier alpha value is -3.76. The first kappa shape index (κ1) is 24.4. The second-order valence-electron chi connectivity index (χ2n) is 8.73. The van der Waals surface area contributed by atoms with Gasteiger partial charge in [-0.3, -0.25) is 9.69 Å². The van der Waals surface area contributed by atoms with Gasteiger partial charge in [0, 0.05) is 39.3 Å². The molecule has 1 aliphatic heterocycles. The Morgan fingerprint density at radius 3 is 2.43 bits per heavy atom. The number of fused-ring (bicyclic) bond motifs is 1. The molecule has 4 rings (SSSR count). The summed E-state index contributed by atoms with van der Waals surface area (Å²) >= 11 is 0. The van der Waals surface area contributed by atoms with E-state index in [2.05, 4.69) is 52.4 Å². The summed E-state index contributed by atoms with van der Waals surface area (Å²) in [5.74, 6) is -0.664. The minimum atomic E-state index is -0.995. The molecule has 180 valence electrons. The average molecular weight is 469 g/mol. The van der Waals surface area contributed by atoms with Gasteiger partial charge < -0.3 is 10.2 Å². The normalized spacial score (nSPS) is 15.3. The van der Waals surface area contributed by atoms with E-state index in [1.165, 1.54) is 5.56 Å². The molecule has 1 amide bonds. The fourth-order valence-corrected chi connectivity index (χ4v) is 4.21. The standard InChI is InChI=1S/C28H32N6O/c1-2-3-15-30-28(35)23(21-29)26-27(32-25-14-8-7-13-24(25)31-26)34-19-17-33(18-20-34)16-9-12-22-10-5-4-6-11-22/h4-14,23H,2-3,15-20H2,1H3,(H,30,35). The molecule has 7 nitrogen and oxygen atoms in total. The Morgan fingerprint density at radius 2 is 1.74 bits per heavy atom. The van der Waals surface area contributed by atoms with Crippen molar-refractivity contribution in [3.63, 3.8) is 0 Å². The fraction of sp³-hybridized carbons (Fsp3) is 0.357. The smallest absolute Gasteiger partial charge is 0.243 e. The zero-order valence-corrected chi connectivity index (χ0v) is 20.2. The van der Waals surface area contributed by atoms with Crippen LogP contribution in [0.4, 0.5) is 5.82 Å². The van der Waals surface area contributed by atoms with Crippen molar-refractivity contribution in [2.24, 2.45) is 0 Å². The molecule has 1 N–H and O–H groups in total. The van der Waals surface area contributed by atoms with Gasteiger partial charge >= 0.3 is 0 Å². The predicted octanol–water partition coefficient (Wildman–Crippen LogP) is 3.99. The Kier molecular flexibility index (Phi) is 8.42. The molecule has 3 aromatic rings. The van der Waals surface area contributed by atoms with E-state index in [-0.39, 0.29) is 5.91 Å². The minimum Gasteiger partial charge on any atom is -0.355 e. The fourth-order valence-electron chi connectivity index (χ4n) is 4.21. The van der Waals surface area contributed by atoms with Crippen molar-refractivity contribution in [3.8, 4) is 6.07 Å². The van der Waals surface area contributed by atoms with Crippen LogP contribution < -0.4 is 10.2 Å². The van der Waals surface area contributed by atoms with Crippen LogP contribution in [0.2, 0.25) is 0 Å². The summed E-state index contributed by atoms with van der Waals surface area (Å²) in [6.45, 7) is 6.75. The van der Waals surface area contributed by atoms with Crippen LogP contribution in [0.15, 0.2) is 60.7 Å². The first-order valence-corrected chi connectivity index (χ1v) is 12.3. The summed E-state index contributed by atoms with van der Waals surface area (Å²) in [4.78, 5) is 27.1. The number of aromatic nitrogens is 2. The number of nitrogens with one attached hydrogen (secondary N) is 1. The highest BCUT2D eigenvalue weighted by atomic mass is 16.1. The van der Waals surface area contributed by atoms with Gasteiger partial charge in [0.25, 0.3) is 0 Å². The minimum absolute atomic E-state index is 0.309. The Morgan fingerprint density at radius 1 is 1.06 bits per heavy atom. The summed E-state index contributed by atoms with van der Waals surface area (Å²) in [7, 11) is 0. The van der Waals surface area contributed by atoms with E-state index in [0.717, 1.165) is 51.1 Å². The molecule has 0 aliphatic carbocycles. The molecule has 0 spiro atoms. The number of rotatable bonds is 9. The number of nitrogens with zero attached hydrogens (tertiary/aromatic N) is 5. The van der Waals surface area contributed by atoms with Crippen LogP contribution in [0.5, 0.6) is 0 Å². The molecule has 0 radical (unpaired) electrons. The summed E-state index contributed by atoms with van der Waals surface area (Å²) in [6, 6.07) is 20.1. The van der Waals surface area contributed by atoms with Gasteiger partial charge in [-0.15, -0.1) is 0 Å². The maximum absolute atomic E-state index is 12.9. The molecule has 7 heteroatoms. The van der Waals surface area contributed by atoms with Crippen LogP contribution in [0.1, 0.15) is 36.9 Å². The number of carbonyl (C=O) groups excluding carboxylic acids is 1. The van der Waals surface area contributed by atoms with E-state index in [4.69, 9.17) is 9.97 Å². The molecule has 1 saturated heterocycles. The first-order chi connectivity index (χ1) is 17.2. The van der Waals surface area contributed by atoms with Gasteiger partial charge in [-0.25, -0.2) is 9.97 Å². The summed E-state index contributed by atoms with van der Waals surface area (Å²) in [5, 5.41) is 12.8. The van der Waals surface area contributed by atoms with Gasteiger partial charge in [-0.2, -0.15) is 5.26 Å². The van der Waals surface area contributed by atoms with E-state index < -0.39 is 5.92 Å². The third-order valence-corrected chi connectivity index (χ3v) is 6.22. The second kappa shape index (κ2) is 12.1. The van der Waals surface area contributed by atoms with Crippen molar-refractivity contribution in [2.75, 3.05) is 44.2 Å². The van der Waals surface area contributed by atoms with Crippen LogP contribution >= 0.6 is 0 Å². The van der Waals surface area contributed by atoms with Crippen molar-refractivity contribution < 1.29 is 4.79 Å². The number of benzene rings is 2. The van der Waals surface area contributed by atoms with Crippen LogP contribution in [0.25, 0.3) is 17.1 Å². The third-order valence-electron chi connectivity index (χ3n) is 6.22. The first-order valence-electron chi connectivity index (χ1n) is 12.3. The van der Waals surface area contributed by atoms with E-state index in [1.54, 1.807) is 0 Å². The molecule has 0 bridgehead atoms. The van der Waals surface area contributed by atoms with Crippen molar-refractivity contribution in [1.82, 2.24) is 20.2 Å². The Balaban J connectivity index is 1.50. The number of para-hydroxylation sites is 2. The molecular formula is C28H32N6O. The molecular weight excluding hydrogens is 436 g/mol. The lowest BCUT2D eigenvalue weighted by atomic mass is 10.0. The van der Waals surface area contributed by atoms with E-state index in [9.17, 15) is 10.1 Å². The number of unbranched alkanes of at least 4 members (excludes halogenated alkanes) is 1. The van der Waals surface area contributed by atoms with Crippen molar-refractivity contribution in [3.05, 3.63) is 71.9 Å². The zero-order valence-electron chi connectivity index (χ0n) is 20.2. The number of hydrogen-bond acceptors (Lipinski definition) is 6. The van der Waals surface area contributed by atoms with Gasteiger partial charge in [-0.05, 0) is 24.1 Å². The van der Waals surface area contributed by atoms with Gasteiger partial charge in [0.2, 0.25) is 5.91 Å². The summed E-state index contributed by atoms with van der Waals surface area (Å²) in [5.41, 5.74) is 3.10. The molecule has 1 unspecified atom stereocenters. The SMILES string of the molecule is CCCCNC(=O)C(C#N)c1nc2ccccc2nc1N1CCN(CC=Cc2ccccc2)CC1. The van der Waals surface area contributed by atoms with Gasteiger partial charge in [0.1, 0.15) is 5.69 Å².